The molecular formula is C9H12N4O. The molecule has 5 nitrogen and oxygen atoms in total. The van der Waals surface area contributed by atoms with E-state index >= 15 is 0 Å². The Morgan fingerprint density at radius 1 is 1.57 bits per heavy atom. The van der Waals surface area contributed by atoms with Crippen LogP contribution in [0.25, 0.3) is 0 Å². The normalized spacial score (nSPS) is 16.0. The highest BCUT2D eigenvalue weighted by atomic mass is 16.2. The largest absolute Gasteiger partial charge is 0.384 e. The van der Waals surface area contributed by atoms with Gasteiger partial charge in [-0.1, -0.05) is 0 Å². The van der Waals surface area contributed by atoms with E-state index < -0.39 is 0 Å². The molecule has 2 heterocycles. The number of carbonyl (C=O) groups excluding carboxylic acids is 1. The zero-order valence-electron chi connectivity index (χ0n) is 7.66. The summed E-state index contributed by atoms with van der Waals surface area (Å²) in [4.78, 5) is 15.4. The van der Waals surface area contributed by atoms with Crippen molar-refractivity contribution >= 4 is 17.4 Å². The lowest BCUT2D eigenvalue weighted by Gasteiger charge is -2.25. The van der Waals surface area contributed by atoms with Crippen LogP contribution < -0.4 is 16.4 Å². The van der Waals surface area contributed by atoms with Gasteiger partial charge in [0.1, 0.15) is 5.82 Å². The maximum atomic E-state index is 11.5. The van der Waals surface area contributed by atoms with Crippen molar-refractivity contribution in [3.63, 3.8) is 0 Å². The molecule has 1 fully saturated rings. The van der Waals surface area contributed by atoms with Gasteiger partial charge in [0, 0.05) is 13.1 Å². The van der Waals surface area contributed by atoms with Gasteiger partial charge in [0.05, 0.1) is 17.8 Å². The second-order valence-electron chi connectivity index (χ2n) is 3.32. The summed E-state index contributed by atoms with van der Waals surface area (Å²) in [7, 11) is 0. The smallest absolute Gasteiger partial charge is 0.230 e. The van der Waals surface area contributed by atoms with Crippen molar-refractivity contribution in [1.82, 2.24) is 10.3 Å². The minimum Gasteiger partial charge on any atom is -0.384 e. The van der Waals surface area contributed by atoms with Crippen LogP contribution in [0.2, 0.25) is 0 Å². The van der Waals surface area contributed by atoms with Crippen LogP contribution in [-0.4, -0.2) is 24.0 Å². The fraction of sp³-hybridized carbons (Fsp3) is 0.333. The van der Waals surface area contributed by atoms with Gasteiger partial charge in [-0.25, -0.2) is 4.98 Å². The summed E-state index contributed by atoms with van der Waals surface area (Å²) in [6, 6.07) is 3.40. The summed E-state index contributed by atoms with van der Waals surface area (Å²) in [5.41, 5.74) is 6.11. The lowest BCUT2D eigenvalue weighted by molar-refractivity contribution is -0.121. The topological polar surface area (TPSA) is 80.0 Å². The van der Waals surface area contributed by atoms with E-state index in [0.717, 1.165) is 13.1 Å². The molecule has 0 aliphatic carbocycles. The zero-order chi connectivity index (χ0) is 9.97. The van der Waals surface area contributed by atoms with Crippen molar-refractivity contribution in [2.75, 3.05) is 24.1 Å². The second-order valence-corrected chi connectivity index (χ2v) is 3.32. The fourth-order valence-corrected chi connectivity index (χ4v) is 1.20. The summed E-state index contributed by atoms with van der Waals surface area (Å²) in [6.45, 7) is 1.52. The third kappa shape index (κ3) is 1.82. The minimum absolute atomic E-state index is 0.0373. The van der Waals surface area contributed by atoms with Crippen molar-refractivity contribution in [3.05, 3.63) is 18.3 Å². The molecule has 1 aliphatic rings. The summed E-state index contributed by atoms with van der Waals surface area (Å²) in [5.74, 6) is 0.580. The predicted octanol–water partition coefficient (Wildman–Crippen LogP) is -0.178. The molecule has 1 aromatic heterocycles. The Balaban J connectivity index is 1.96. The molecule has 14 heavy (non-hydrogen) atoms. The number of amides is 1. The van der Waals surface area contributed by atoms with Gasteiger partial charge in [-0.2, -0.15) is 0 Å². The average Bonchev–Trinajstić information content (AvgIpc) is 2.06. The monoisotopic (exact) mass is 192 g/mol. The Labute approximate surface area is 81.7 Å². The lowest BCUT2D eigenvalue weighted by atomic mass is 10.0. The van der Waals surface area contributed by atoms with Crippen molar-refractivity contribution in [1.29, 1.82) is 0 Å². The van der Waals surface area contributed by atoms with Gasteiger partial charge in [-0.15, -0.1) is 0 Å². The molecule has 0 unspecified atom stereocenters. The number of rotatable bonds is 2. The van der Waals surface area contributed by atoms with E-state index in [1.54, 1.807) is 18.3 Å². The summed E-state index contributed by atoms with van der Waals surface area (Å²) in [6.07, 6.45) is 1.55. The summed E-state index contributed by atoms with van der Waals surface area (Å²) in [5, 5.41) is 5.81. The van der Waals surface area contributed by atoms with Crippen LogP contribution in [-0.2, 0) is 4.79 Å². The van der Waals surface area contributed by atoms with E-state index in [1.165, 1.54) is 0 Å². The standard InChI is InChI=1S/C9H12N4O/c10-8-2-1-7(5-12-8)13-9(14)6-3-11-4-6/h1-2,5-6,11H,3-4H2,(H2,10,12)(H,13,14). The Kier molecular flexibility index (Phi) is 2.32. The Hall–Kier alpha value is -1.62. The molecule has 0 bridgehead atoms. The average molecular weight is 192 g/mol. The van der Waals surface area contributed by atoms with E-state index in [4.69, 9.17) is 5.73 Å². The van der Waals surface area contributed by atoms with Crippen molar-refractivity contribution in [3.8, 4) is 0 Å². The van der Waals surface area contributed by atoms with Gasteiger partial charge in [0.25, 0.3) is 0 Å². The van der Waals surface area contributed by atoms with Crippen LogP contribution in [0.15, 0.2) is 18.3 Å². The Morgan fingerprint density at radius 2 is 2.36 bits per heavy atom. The second kappa shape index (κ2) is 3.63. The molecule has 1 saturated heterocycles. The number of nitrogen functional groups attached to an aromatic ring is 1. The molecule has 1 amide bonds. The molecule has 0 atom stereocenters. The third-order valence-corrected chi connectivity index (χ3v) is 2.21. The van der Waals surface area contributed by atoms with E-state index in [9.17, 15) is 4.79 Å². The highest BCUT2D eigenvalue weighted by Gasteiger charge is 2.24. The van der Waals surface area contributed by atoms with Gasteiger partial charge >= 0.3 is 0 Å². The van der Waals surface area contributed by atoms with Crippen LogP contribution >= 0.6 is 0 Å². The van der Waals surface area contributed by atoms with Crippen LogP contribution in [0.1, 0.15) is 0 Å². The summed E-state index contributed by atoms with van der Waals surface area (Å²) >= 11 is 0. The molecule has 5 heteroatoms. The maximum Gasteiger partial charge on any atom is 0.230 e. The number of anilines is 2. The number of nitrogens with one attached hydrogen (secondary N) is 2. The molecule has 74 valence electrons. The first-order valence-corrected chi connectivity index (χ1v) is 4.49. The van der Waals surface area contributed by atoms with E-state index in [0.29, 0.717) is 11.5 Å². The summed E-state index contributed by atoms with van der Waals surface area (Å²) < 4.78 is 0. The van der Waals surface area contributed by atoms with Gasteiger partial charge in [-0.3, -0.25) is 4.79 Å². The van der Waals surface area contributed by atoms with E-state index in [-0.39, 0.29) is 11.8 Å². The molecule has 2 rings (SSSR count). The number of pyridine rings is 1. The Morgan fingerprint density at radius 3 is 2.86 bits per heavy atom. The number of nitrogens with zero attached hydrogens (tertiary/aromatic N) is 1. The molecule has 1 aromatic rings. The molecule has 0 aromatic carbocycles. The Bertz CT molecular complexity index is 331. The van der Waals surface area contributed by atoms with Crippen molar-refractivity contribution in [2.24, 2.45) is 5.92 Å². The minimum atomic E-state index is 0.0373. The van der Waals surface area contributed by atoms with Crippen LogP contribution in [0, 0.1) is 5.92 Å². The van der Waals surface area contributed by atoms with Crippen molar-refractivity contribution in [2.45, 2.75) is 0 Å². The molecule has 0 radical (unpaired) electrons. The van der Waals surface area contributed by atoms with Gasteiger partial charge in [-0.05, 0) is 12.1 Å². The maximum absolute atomic E-state index is 11.5. The first-order chi connectivity index (χ1) is 6.75. The van der Waals surface area contributed by atoms with Gasteiger partial charge in [0.2, 0.25) is 5.91 Å². The first-order valence-electron chi connectivity index (χ1n) is 4.49. The van der Waals surface area contributed by atoms with E-state index in [2.05, 4.69) is 15.6 Å². The zero-order valence-corrected chi connectivity index (χ0v) is 7.66. The SMILES string of the molecule is Nc1ccc(NC(=O)C2CNC2)cn1. The highest BCUT2D eigenvalue weighted by Crippen LogP contribution is 2.10. The van der Waals surface area contributed by atoms with Gasteiger partial charge < -0.3 is 16.4 Å². The number of hydrogen-bond acceptors (Lipinski definition) is 4. The first kappa shape index (κ1) is 8.96. The number of nitrogens with two attached hydrogens (primary N) is 1. The van der Waals surface area contributed by atoms with Gasteiger partial charge in [0.15, 0.2) is 0 Å². The fourth-order valence-electron chi connectivity index (χ4n) is 1.20. The number of aromatic nitrogens is 1. The molecule has 0 saturated carbocycles. The number of carbonyl (C=O) groups is 1. The van der Waals surface area contributed by atoms with Crippen LogP contribution in [0.4, 0.5) is 11.5 Å². The molecule has 4 N–H and O–H groups in total. The third-order valence-electron chi connectivity index (χ3n) is 2.21. The molecule has 1 aliphatic heterocycles. The molecule has 0 spiro atoms. The van der Waals surface area contributed by atoms with Crippen LogP contribution in [0.5, 0.6) is 0 Å². The molecular weight excluding hydrogens is 180 g/mol. The quantitative estimate of drug-likeness (QED) is 0.607. The number of hydrogen-bond donors (Lipinski definition) is 3. The lowest BCUT2D eigenvalue weighted by Crippen LogP contribution is -2.48. The van der Waals surface area contributed by atoms with Crippen LogP contribution in [0.3, 0.4) is 0 Å². The van der Waals surface area contributed by atoms with Crippen molar-refractivity contribution < 1.29 is 4.79 Å². The van der Waals surface area contributed by atoms with E-state index in [1.807, 2.05) is 0 Å². The highest BCUT2D eigenvalue weighted by molar-refractivity contribution is 5.93. The predicted molar refractivity (Wildman–Crippen MR) is 53.6 cm³/mol.